The largest absolute Gasteiger partial charge is 0.338 e. The van der Waals surface area contributed by atoms with Gasteiger partial charge in [0, 0.05) is 16.2 Å². The van der Waals surface area contributed by atoms with Crippen LogP contribution in [0.25, 0.3) is 22.3 Å². The second-order valence-electron chi connectivity index (χ2n) is 7.34. The second kappa shape index (κ2) is 7.83. The molecule has 4 aromatic rings. The van der Waals surface area contributed by atoms with Crippen LogP contribution in [0.1, 0.15) is 11.1 Å². The molecular weight excluding hydrogens is 375 g/mol. The van der Waals surface area contributed by atoms with Crippen molar-refractivity contribution in [2.24, 2.45) is 0 Å². The zero-order valence-corrected chi connectivity index (χ0v) is 17.4. The molecule has 0 fully saturated rings. The lowest BCUT2D eigenvalue weighted by molar-refractivity contribution is 0.501. The summed E-state index contributed by atoms with van der Waals surface area (Å²) < 4.78 is 13.7. The molecule has 1 N–H and O–H groups in total. The first kappa shape index (κ1) is 19.4. The third kappa shape index (κ3) is 3.82. The van der Waals surface area contributed by atoms with Gasteiger partial charge in [0.25, 0.3) is 7.37 Å². The highest BCUT2D eigenvalue weighted by molar-refractivity contribution is 7.73. The van der Waals surface area contributed by atoms with Crippen molar-refractivity contribution >= 4 is 18.0 Å². The van der Waals surface area contributed by atoms with Crippen LogP contribution in [-0.4, -0.2) is 4.89 Å². The molecule has 0 radical (unpaired) electrons. The maximum absolute atomic E-state index is 13.7. The summed E-state index contributed by atoms with van der Waals surface area (Å²) >= 11 is 0. The average Bonchev–Trinajstić information content (AvgIpc) is 2.75. The smallest absolute Gasteiger partial charge is 0.259 e. The molecular formula is C26H23O2P. The predicted molar refractivity (Wildman–Crippen MR) is 122 cm³/mol. The van der Waals surface area contributed by atoms with Crippen molar-refractivity contribution in [1.29, 1.82) is 0 Å². The fourth-order valence-electron chi connectivity index (χ4n) is 3.56. The Kier molecular flexibility index (Phi) is 5.24. The molecule has 0 saturated carbocycles. The summed E-state index contributed by atoms with van der Waals surface area (Å²) in [7, 11) is -3.77. The summed E-state index contributed by atoms with van der Waals surface area (Å²) in [6, 6.07) is 31.0. The lowest BCUT2D eigenvalue weighted by Crippen LogP contribution is -2.18. The predicted octanol–water partition coefficient (Wildman–Crippen LogP) is 5.86. The molecule has 1 unspecified atom stereocenters. The molecule has 1 atom stereocenters. The van der Waals surface area contributed by atoms with Gasteiger partial charge in [0.1, 0.15) is 0 Å². The fourth-order valence-corrected chi connectivity index (χ4v) is 5.25. The van der Waals surface area contributed by atoms with Crippen molar-refractivity contribution < 1.29 is 9.46 Å². The number of benzene rings is 4. The average molecular weight is 398 g/mol. The Balaban J connectivity index is 2.01. The molecule has 0 spiro atoms. The Hall–Kier alpha value is -2.93. The summed E-state index contributed by atoms with van der Waals surface area (Å²) in [5.74, 6) is 0. The molecule has 0 saturated heterocycles. The number of aryl methyl sites for hydroxylation is 2. The summed E-state index contributed by atoms with van der Waals surface area (Å²) in [4.78, 5) is 11.2. The van der Waals surface area contributed by atoms with Crippen molar-refractivity contribution in [3.63, 3.8) is 0 Å². The van der Waals surface area contributed by atoms with Gasteiger partial charge >= 0.3 is 0 Å². The molecule has 0 aliphatic carbocycles. The normalized spacial score (nSPS) is 13.1. The Morgan fingerprint density at radius 3 is 1.76 bits per heavy atom. The minimum absolute atomic E-state index is 0.439. The van der Waals surface area contributed by atoms with Crippen LogP contribution in [0.2, 0.25) is 0 Å². The SMILES string of the molecule is Cc1ccc(-c2cccc(P(=O)(O)c3ccccc3)c2-c2ccc(C)cc2)cc1. The molecule has 29 heavy (non-hydrogen) atoms. The van der Waals surface area contributed by atoms with Gasteiger partial charge in [-0.1, -0.05) is 90.0 Å². The third-order valence-corrected chi connectivity index (χ3v) is 7.20. The Labute approximate surface area is 172 Å². The van der Waals surface area contributed by atoms with Gasteiger partial charge in [-0.15, -0.1) is 0 Å². The molecule has 0 bridgehead atoms. The van der Waals surface area contributed by atoms with Gasteiger partial charge in [-0.05, 0) is 48.7 Å². The zero-order valence-electron chi connectivity index (χ0n) is 16.5. The summed E-state index contributed by atoms with van der Waals surface area (Å²) in [6.07, 6.45) is 0. The molecule has 4 aromatic carbocycles. The minimum atomic E-state index is -3.77. The van der Waals surface area contributed by atoms with Crippen molar-refractivity contribution in [2.45, 2.75) is 13.8 Å². The maximum Gasteiger partial charge on any atom is 0.259 e. The topological polar surface area (TPSA) is 37.3 Å². The van der Waals surface area contributed by atoms with Gasteiger partial charge in [-0.2, -0.15) is 0 Å². The third-order valence-electron chi connectivity index (χ3n) is 5.18. The minimum Gasteiger partial charge on any atom is -0.338 e. The molecule has 3 heteroatoms. The first-order chi connectivity index (χ1) is 14.0. The van der Waals surface area contributed by atoms with Crippen LogP contribution in [-0.2, 0) is 4.57 Å². The highest BCUT2D eigenvalue weighted by Crippen LogP contribution is 2.44. The molecule has 2 nitrogen and oxygen atoms in total. The van der Waals surface area contributed by atoms with E-state index < -0.39 is 7.37 Å². The fraction of sp³-hybridized carbons (Fsp3) is 0.0769. The van der Waals surface area contributed by atoms with Gasteiger partial charge in [-0.25, -0.2) is 0 Å². The standard InChI is InChI=1S/C26H23O2P/c1-19-11-15-21(16-12-19)24-9-6-10-25(26(24)22-17-13-20(2)14-18-22)29(27,28)23-7-4-3-5-8-23/h3-18H,1-2H3,(H,27,28). The molecule has 4 rings (SSSR count). The molecule has 0 aromatic heterocycles. The van der Waals surface area contributed by atoms with E-state index in [1.54, 1.807) is 30.3 Å². The van der Waals surface area contributed by atoms with Crippen LogP contribution >= 0.6 is 7.37 Å². The van der Waals surface area contributed by atoms with E-state index in [2.05, 4.69) is 31.2 Å². The maximum atomic E-state index is 13.7. The number of rotatable bonds is 4. The van der Waals surface area contributed by atoms with E-state index in [0.717, 1.165) is 27.8 Å². The number of hydrogen-bond donors (Lipinski definition) is 1. The number of hydrogen-bond acceptors (Lipinski definition) is 1. The molecule has 144 valence electrons. The Morgan fingerprint density at radius 2 is 1.17 bits per heavy atom. The van der Waals surface area contributed by atoms with Crippen molar-refractivity contribution in [1.82, 2.24) is 0 Å². The summed E-state index contributed by atoms with van der Waals surface area (Å²) in [5, 5.41) is 0.903. The second-order valence-corrected chi connectivity index (χ2v) is 9.49. The van der Waals surface area contributed by atoms with Crippen LogP contribution in [0.4, 0.5) is 0 Å². The van der Waals surface area contributed by atoms with Gasteiger partial charge < -0.3 is 4.89 Å². The highest BCUT2D eigenvalue weighted by Gasteiger charge is 2.29. The van der Waals surface area contributed by atoms with E-state index in [-0.39, 0.29) is 0 Å². The quantitative estimate of drug-likeness (QED) is 0.437. The van der Waals surface area contributed by atoms with Crippen LogP contribution in [0, 0.1) is 13.8 Å². The lowest BCUT2D eigenvalue weighted by atomic mass is 9.93. The van der Waals surface area contributed by atoms with E-state index in [1.807, 2.05) is 49.4 Å². The van der Waals surface area contributed by atoms with Gasteiger partial charge in [0.2, 0.25) is 0 Å². The monoisotopic (exact) mass is 398 g/mol. The Morgan fingerprint density at radius 1 is 0.621 bits per heavy atom. The van der Waals surface area contributed by atoms with E-state index >= 15 is 0 Å². The summed E-state index contributed by atoms with van der Waals surface area (Å²) in [6.45, 7) is 4.09. The van der Waals surface area contributed by atoms with Crippen molar-refractivity contribution in [3.8, 4) is 22.3 Å². The van der Waals surface area contributed by atoms with Crippen molar-refractivity contribution in [3.05, 3.63) is 108 Å². The Bertz CT molecular complexity index is 1180. The molecule has 0 amide bonds. The first-order valence-corrected chi connectivity index (χ1v) is 11.3. The van der Waals surface area contributed by atoms with Gasteiger partial charge in [0.05, 0.1) is 0 Å². The van der Waals surface area contributed by atoms with E-state index in [4.69, 9.17) is 0 Å². The van der Waals surface area contributed by atoms with Gasteiger partial charge in [-0.3, -0.25) is 4.57 Å². The molecule has 0 aliphatic rings. The molecule has 0 heterocycles. The van der Waals surface area contributed by atoms with Crippen LogP contribution < -0.4 is 10.6 Å². The van der Waals surface area contributed by atoms with E-state index in [1.165, 1.54) is 5.56 Å². The lowest BCUT2D eigenvalue weighted by Gasteiger charge is -2.20. The van der Waals surface area contributed by atoms with E-state index in [0.29, 0.717) is 10.6 Å². The van der Waals surface area contributed by atoms with E-state index in [9.17, 15) is 9.46 Å². The summed E-state index contributed by atoms with van der Waals surface area (Å²) in [5.41, 5.74) is 6.06. The zero-order chi connectivity index (χ0) is 20.4. The van der Waals surface area contributed by atoms with Crippen molar-refractivity contribution in [2.75, 3.05) is 0 Å². The first-order valence-electron chi connectivity index (χ1n) is 9.63. The molecule has 0 aliphatic heterocycles. The highest BCUT2D eigenvalue weighted by atomic mass is 31.2. The van der Waals surface area contributed by atoms with Crippen LogP contribution in [0.5, 0.6) is 0 Å². The van der Waals surface area contributed by atoms with Gasteiger partial charge in [0.15, 0.2) is 0 Å². The van der Waals surface area contributed by atoms with Crippen LogP contribution in [0.3, 0.4) is 0 Å². The van der Waals surface area contributed by atoms with Crippen LogP contribution in [0.15, 0.2) is 97.1 Å².